The first-order valence-corrected chi connectivity index (χ1v) is 8.20. The van der Waals surface area contributed by atoms with Gasteiger partial charge >= 0.3 is 6.09 Å². The van der Waals surface area contributed by atoms with Crippen LogP contribution in [0.5, 0.6) is 5.75 Å². The van der Waals surface area contributed by atoms with Gasteiger partial charge in [0.05, 0.1) is 12.6 Å². The highest BCUT2D eigenvalue weighted by Gasteiger charge is 2.34. The molecule has 3 rings (SSSR count). The third-order valence-corrected chi connectivity index (χ3v) is 4.23. The number of hydrogen-bond acceptors (Lipinski definition) is 3. The number of nitrogens with zero attached hydrogens (tertiary/aromatic N) is 1. The van der Waals surface area contributed by atoms with Gasteiger partial charge in [0.25, 0.3) is 0 Å². The van der Waals surface area contributed by atoms with Crippen molar-refractivity contribution in [3.8, 4) is 5.75 Å². The molecule has 22 heavy (non-hydrogen) atoms. The van der Waals surface area contributed by atoms with Crippen molar-refractivity contribution in [2.45, 2.75) is 58.1 Å². The molecule has 0 aromatic heterocycles. The molecule has 0 radical (unpaired) electrons. The fourth-order valence-corrected chi connectivity index (χ4v) is 3.30. The van der Waals surface area contributed by atoms with Crippen LogP contribution in [0.1, 0.15) is 57.2 Å². The molecule has 0 bridgehead atoms. The zero-order valence-electron chi connectivity index (χ0n) is 13.7. The second-order valence-corrected chi connectivity index (χ2v) is 7.12. The lowest BCUT2D eigenvalue weighted by molar-refractivity contribution is 0.00928. The molecule has 1 amide bonds. The molecule has 0 spiro atoms. The van der Waals surface area contributed by atoms with E-state index in [1.807, 2.05) is 25.7 Å². The van der Waals surface area contributed by atoms with Gasteiger partial charge in [0.15, 0.2) is 0 Å². The minimum absolute atomic E-state index is 0.0663. The highest BCUT2D eigenvalue weighted by atomic mass is 16.6. The number of ether oxygens (including phenoxy) is 2. The lowest BCUT2D eigenvalue weighted by atomic mass is 9.93. The number of likely N-dealkylation sites (tertiary alicyclic amines) is 1. The van der Waals surface area contributed by atoms with E-state index in [9.17, 15) is 4.79 Å². The van der Waals surface area contributed by atoms with Crippen LogP contribution in [0.25, 0.3) is 0 Å². The summed E-state index contributed by atoms with van der Waals surface area (Å²) in [6, 6.07) is 6.35. The van der Waals surface area contributed by atoms with E-state index in [-0.39, 0.29) is 12.1 Å². The highest BCUT2D eigenvalue weighted by Crippen LogP contribution is 2.40. The van der Waals surface area contributed by atoms with Crippen LogP contribution in [0.3, 0.4) is 0 Å². The van der Waals surface area contributed by atoms with Gasteiger partial charge in [0.1, 0.15) is 11.4 Å². The molecular weight excluding hydrogens is 278 g/mol. The minimum atomic E-state index is -0.464. The molecule has 2 aliphatic heterocycles. The van der Waals surface area contributed by atoms with Crippen molar-refractivity contribution in [1.82, 2.24) is 4.90 Å². The molecule has 4 heteroatoms. The predicted octanol–water partition coefficient (Wildman–Crippen LogP) is 4.08. The number of carbonyl (C=O) groups is 1. The Morgan fingerprint density at radius 2 is 2.14 bits per heavy atom. The van der Waals surface area contributed by atoms with Gasteiger partial charge in [0, 0.05) is 18.5 Å². The normalized spacial score (nSPS) is 21.2. The average Bonchev–Trinajstić information content (AvgIpc) is 2.93. The van der Waals surface area contributed by atoms with Gasteiger partial charge < -0.3 is 14.4 Å². The van der Waals surface area contributed by atoms with E-state index in [1.165, 1.54) is 5.56 Å². The Labute approximate surface area is 132 Å². The summed E-state index contributed by atoms with van der Waals surface area (Å²) < 4.78 is 11.4. The van der Waals surface area contributed by atoms with E-state index < -0.39 is 5.60 Å². The molecule has 1 aromatic rings. The number of hydrogen-bond donors (Lipinski definition) is 0. The van der Waals surface area contributed by atoms with Gasteiger partial charge in [-0.25, -0.2) is 4.79 Å². The maximum absolute atomic E-state index is 12.6. The lowest BCUT2D eigenvalue weighted by Gasteiger charge is -2.37. The fraction of sp³-hybridized carbons (Fsp3) is 0.611. The van der Waals surface area contributed by atoms with Crippen LogP contribution in [0.2, 0.25) is 0 Å². The summed E-state index contributed by atoms with van der Waals surface area (Å²) in [4.78, 5) is 14.4. The highest BCUT2D eigenvalue weighted by molar-refractivity contribution is 5.69. The van der Waals surface area contributed by atoms with Gasteiger partial charge in [-0.1, -0.05) is 18.2 Å². The summed E-state index contributed by atoms with van der Waals surface area (Å²) in [5.41, 5.74) is 1.93. The SMILES string of the molecule is CC(C)(C)OC(=O)N1CCCCC1c1cccc2c1OCC2. The Kier molecular flexibility index (Phi) is 4.02. The van der Waals surface area contributed by atoms with Crippen molar-refractivity contribution in [2.75, 3.05) is 13.2 Å². The Morgan fingerprint density at radius 3 is 2.91 bits per heavy atom. The van der Waals surface area contributed by atoms with Crippen molar-refractivity contribution in [3.05, 3.63) is 29.3 Å². The van der Waals surface area contributed by atoms with Gasteiger partial charge in [-0.15, -0.1) is 0 Å². The van der Waals surface area contributed by atoms with Crippen LogP contribution >= 0.6 is 0 Å². The zero-order chi connectivity index (χ0) is 15.7. The maximum atomic E-state index is 12.6. The van der Waals surface area contributed by atoms with Gasteiger partial charge in [-0.2, -0.15) is 0 Å². The summed E-state index contributed by atoms with van der Waals surface area (Å²) in [6.07, 6.45) is 3.88. The van der Waals surface area contributed by atoms with E-state index in [1.54, 1.807) is 0 Å². The van der Waals surface area contributed by atoms with Gasteiger partial charge in [0.2, 0.25) is 0 Å². The van der Waals surface area contributed by atoms with Crippen molar-refractivity contribution >= 4 is 6.09 Å². The Hall–Kier alpha value is -1.71. The van der Waals surface area contributed by atoms with Crippen molar-refractivity contribution < 1.29 is 14.3 Å². The molecule has 0 N–H and O–H groups in total. The lowest BCUT2D eigenvalue weighted by Crippen LogP contribution is -2.41. The first-order valence-electron chi connectivity index (χ1n) is 8.20. The first kappa shape index (κ1) is 15.2. The summed E-state index contributed by atoms with van der Waals surface area (Å²) in [6.45, 7) is 7.22. The minimum Gasteiger partial charge on any atom is -0.493 e. The molecule has 2 heterocycles. The van der Waals surface area contributed by atoms with Crippen LogP contribution in [-0.2, 0) is 11.2 Å². The predicted molar refractivity (Wildman–Crippen MR) is 85.2 cm³/mol. The molecule has 2 aliphatic rings. The van der Waals surface area contributed by atoms with E-state index in [0.717, 1.165) is 50.1 Å². The number of fused-ring (bicyclic) bond motifs is 1. The van der Waals surface area contributed by atoms with Crippen LogP contribution in [0, 0.1) is 0 Å². The molecule has 1 unspecified atom stereocenters. The maximum Gasteiger partial charge on any atom is 0.410 e. The number of amides is 1. The van der Waals surface area contributed by atoms with Crippen LogP contribution < -0.4 is 4.74 Å². The topological polar surface area (TPSA) is 38.8 Å². The number of piperidine rings is 1. The zero-order valence-corrected chi connectivity index (χ0v) is 13.7. The molecule has 4 nitrogen and oxygen atoms in total. The summed E-state index contributed by atoms with van der Waals surface area (Å²) in [5, 5.41) is 0. The second-order valence-electron chi connectivity index (χ2n) is 7.12. The van der Waals surface area contributed by atoms with Gasteiger partial charge in [-0.3, -0.25) is 0 Å². The van der Waals surface area contributed by atoms with E-state index in [4.69, 9.17) is 9.47 Å². The Bertz CT molecular complexity index is 562. The Morgan fingerprint density at radius 1 is 1.32 bits per heavy atom. The number of carbonyl (C=O) groups excluding carboxylic acids is 1. The average molecular weight is 303 g/mol. The second kappa shape index (κ2) is 5.82. The molecule has 120 valence electrons. The van der Waals surface area contributed by atoms with Crippen molar-refractivity contribution in [1.29, 1.82) is 0 Å². The number of rotatable bonds is 1. The molecular formula is C18H25NO3. The summed E-state index contributed by atoms with van der Waals surface area (Å²) in [7, 11) is 0. The van der Waals surface area contributed by atoms with Crippen LogP contribution in [-0.4, -0.2) is 29.7 Å². The van der Waals surface area contributed by atoms with E-state index in [0.29, 0.717) is 0 Å². The van der Waals surface area contributed by atoms with Gasteiger partial charge in [-0.05, 0) is 45.6 Å². The fourth-order valence-electron chi connectivity index (χ4n) is 3.30. The van der Waals surface area contributed by atoms with E-state index >= 15 is 0 Å². The van der Waals surface area contributed by atoms with Crippen molar-refractivity contribution in [2.24, 2.45) is 0 Å². The molecule has 1 fully saturated rings. The number of para-hydroxylation sites is 1. The largest absolute Gasteiger partial charge is 0.493 e. The monoisotopic (exact) mass is 303 g/mol. The molecule has 0 aliphatic carbocycles. The summed E-state index contributed by atoms with van der Waals surface area (Å²) in [5.74, 6) is 0.989. The third kappa shape index (κ3) is 3.06. The first-order chi connectivity index (χ1) is 10.5. The molecule has 0 saturated carbocycles. The van der Waals surface area contributed by atoms with Crippen molar-refractivity contribution in [3.63, 3.8) is 0 Å². The standard InChI is InChI=1S/C18H25NO3/c1-18(2,3)22-17(20)19-11-5-4-9-15(19)14-8-6-7-13-10-12-21-16(13)14/h6-8,15H,4-5,9-12H2,1-3H3. The quantitative estimate of drug-likeness (QED) is 0.784. The molecule has 1 aromatic carbocycles. The number of benzene rings is 1. The molecule has 1 saturated heterocycles. The van der Waals surface area contributed by atoms with E-state index in [2.05, 4.69) is 18.2 Å². The smallest absolute Gasteiger partial charge is 0.410 e. The van der Waals surface area contributed by atoms with Crippen LogP contribution in [0.15, 0.2) is 18.2 Å². The third-order valence-electron chi connectivity index (χ3n) is 4.23. The van der Waals surface area contributed by atoms with Crippen LogP contribution in [0.4, 0.5) is 4.79 Å². The summed E-state index contributed by atoms with van der Waals surface area (Å²) >= 11 is 0. The molecule has 1 atom stereocenters. The Balaban J connectivity index is 1.87.